The normalized spacial score (nSPS) is 28.3. The number of rotatable bonds is 4. The fourth-order valence-corrected chi connectivity index (χ4v) is 3.09. The van der Waals surface area contributed by atoms with E-state index in [1.54, 1.807) is 0 Å². The Balaban J connectivity index is 2.05. The highest BCUT2D eigenvalue weighted by Gasteiger charge is 2.35. The molecule has 2 atom stereocenters. The topological polar surface area (TPSA) is 29.5 Å². The summed E-state index contributed by atoms with van der Waals surface area (Å²) in [4.78, 5) is 0. The molecule has 0 bridgehead atoms. The fourth-order valence-electron chi connectivity index (χ4n) is 2.66. The number of halogens is 1. The lowest BCUT2D eigenvalue weighted by Crippen LogP contribution is -2.42. The van der Waals surface area contributed by atoms with Gasteiger partial charge in [0.25, 0.3) is 0 Å². The molecule has 0 saturated carbocycles. The van der Waals surface area contributed by atoms with Crippen molar-refractivity contribution < 1.29 is 9.84 Å². The first-order chi connectivity index (χ1) is 8.63. The molecule has 3 heteroatoms. The lowest BCUT2D eigenvalue weighted by atomic mass is 9.83. The van der Waals surface area contributed by atoms with E-state index in [4.69, 9.17) is 4.74 Å². The molecule has 1 aliphatic rings. The molecule has 2 unspecified atom stereocenters. The molecule has 1 N–H and O–H groups in total. The van der Waals surface area contributed by atoms with Crippen molar-refractivity contribution in [1.82, 2.24) is 0 Å². The van der Waals surface area contributed by atoms with Gasteiger partial charge in [0.1, 0.15) is 0 Å². The van der Waals surface area contributed by atoms with E-state index in [0.29, 0.717) is 13.0 Å². The van der Waals surface area contributed by atoms with E-state index in [0.717, 1.165) is 30.2 Å². The molecular weight excluding hydrogens is 292 g/mol. The van der Waals surface area contributed by atoms with Crippen molar-refractivity contribution in [3.8, 4) is 0 Å². The molecular formula is C15H21BrO2. The third-order valence-corrected chi connectivity index (χ3v) is 4.39. The fraction of sp³-hybridized carbons (Fsp3) is 0.600. The summed E-state index contributed by atoms with van der Waals surface area (Å²) in [6.45, 7) is 2.83. The maximum Gasteiger partial charge on any atom is 0.0734 e. The predicted molar refractivity (Wildman–Crippen MR) is 76.7 cm³/mol. The number of ether oxygens (including phenoxy) is 1. The molecule has 1 aliphatic heterocycles. The second-order valence-electron chi connectivity index (χ2n) is 5.23. The van der Waals surface area contributed by atoms with Crippen molar-refractivity contribution in [2.24, 2.45) is 0 Å². The minimum absolute atomic E-state index is 0.219. The van der Waals surface area contributed by atoms with Gasteiger partial charge in [0.05, 0.1) is 11.7 Å². The van der Waals surface area contributed by atoms with E-state index in [9.17, 15) is 5.11 Å². The lowest BCUT2D eigenvalue weighted by molar-refractivity contribution is -0.105. The number of hydrogen-bond acceptors (Lipinski definition) is 2. The summed E-state index contributed by atoms with van der Waals surface area (Å²) in [5.41, 5.74) is 0.569. The van der Waals surface area contributed by atoms with Crippen LogP contribution in [0.5, 0.6) is 0 Å². The molecule has 18 heavy (non-hydrogen) atoms. The minimum atomic E-state index is -0.609. The molecule has 1 aromatic rings. The van der Waals surface area contributed by atoms with Gasteiger partial charge in [-0.05, 0) is 24.5 Å². The van der Waals surface area contributed by atoms with E-state index in [2.05, 4.69) is 28.9 Å². The lowest BCUT2D eigenvalue weighted by Gasteiger charge is -2.37. The van der Waals surface area contributed by atoms with Crippen LogP contribution in [0.1, 0.15) is 38.2 Å². The molecule has 0 radical (unpaired) electrons. The molecule has 1 saturated heterocycles. The summed E-state index contributed by atoms with van der Waals surface area (Å²) in [6, 6.07) is 8.13. The Kier molecular flexibility index (Phi) is 4.82. The quantitative estimate of drug-likeness (QED) is 0.918. The molecule has 2 nitrogen and oxygen atoms in total. The average molecular weight is 313 g/mol. The predicted octanol–water partition coefficient (Wildman–Crippen LogP) is 3.70. The van der Waals surface area contributed by atoms with Gasteiger partial charge in [-0.1, -0.05) is 47.5 Å². The number of aliphatic hydroxyl groups is 1. The van der Waals surface area contributed by atoms with Crippen LogP contribution in [0, 0.1) is 0 Å². The van der Waals surface area contributed by atoms with E-state index >= 15 is 0 Å². The van der Waals surface area contributed by atoms with Gasteiger partial charge in [0.15, 0.2) is 0 Å². The van der Waals surface area contributed by atoms with Crippen molar-refractivity contribution in [2.75, 3.05) is 6.61 Å². The molecule has 0 amide bonds. The zero-order valence-corrected chi connectivity index (χ0v) is 12.4. The summed E-state index contributed by atoms with van der Waals surface area (Å²) < 4.78 is 6.79. The Morgan fingerprint density at radius 2 is 2.22 bits per heavy atom. The Hall–Kier alpha value is -0.380. The molecule has 100 valence electrons. The van der Waals surface area contributed by atoms with Gasteiger partial charge in [0.2, 0.25) is 0 Å². The molecule has 2 rings (SSSR count). The van der Waals surface area contributed by atoms with Crippen LogP contribution in [-0.2, 0) is 11.2 Å². The highest BCUT2D eigenvalue weighted by molar-refractivity contribution is 9.10. The van der Waals surface area contributed by atoms with Gasteiger partial charge in [-0.15, -0.1) is 0 Å². The second-order valence-corrected chi connectivity index (χ2v) is 6.08. The van der Waals surface area contributed by atoms with Gasteiger partial charge in [-0.2, -0.15) is 0 Å². The maximum atomic E-state index is 10.7. The smallest absolute Gasteiger partial charge is 0.0734 e. The first-order valence-corrected chi connectivity index (χ1v) is 7.50. The summed E-state index contributed by atoms with van der Waals surface area (Å²) in [5.74, 6) is 0. The molecule has 1 fully saturated rings. The standard InChI is InChI=1S/C15H21BrO2/c1-2-5-13-11-15(17,8-9-18-13)10-12-6-3-4-7-14(12)16/h3-4,6-7,13,17H,2,5,8-11H2,1H3. The summed E-state index contributed by atoms with van der Waals surface area (Å²) in [5, 5.41) is 10.7. The van der Waals surface area contributed by atoms with Gasteiger partial charge in [-0.3, -0.25) is 0 Å². The van der Waals surface area contributed by atoms with Crippen LogP contribution in [0.15, 0.2) is 28.7 Å². The van der Waals surface area contributed by atoms with Crippen LogP contribution in [0.25, 0.3) is 0 Å². The van der Waals surface area contributed by atoms with E-state index < -0.39 is 5.60 Å². The molecule has 0 spiro atoms. The highest BCUT2D eigenvalue weighted by Crippen LogP contribution is 2.32. The summed E-state index contributed by atoms with van der Waals surface area (Å²) in [7, 11) is 0. The first kappa shape index (κ1) is 14.0. The third-order valence-electron chi connectivity index (χ3n) is 3.62. The Bertz CT molecular complexity index is 392. The van der Waals surface area contributed by atoms with Crippen molar-refractivity contribution in [3.05, 3.63) is 34.3 Å². The van der Waals surface area contributed by atoms with Gasteiger partial charge in [0, 0.05) is 23.9 Å². The van der Waals surface area contributed by atoms with Crippen molar-refractivity contribution in [2.45, 2.75) is 50.7 Å². The molecule has 1 heterocycles. The monoisotopic (exact) mass is 312 g/mol. The van der Waals surface area contributed by atoms with Crippen LogP contribution in [0.4, 0.5) is 0 Å². The third kappa shape index (κ3) is 3.56. The van der Waals surface area contributed by atoms with Crippen LogP contribution < -0.4 is 0 Å². The molecule has 1 aromatic carbocycles. The Morgan fingerprint density at radius 1 is 1.44 bits per heavy atom. The van der Waals surface area contributed by atoms with Gasteiger partial charge >= 0.3 is 0 Å². The number of benzene rings is 1. The van der Waals surface area contributed by atoms with Crippen LogP contribution in [-0.4, -0.2) is 23.4 Å². The van der Waals surface area contributed by atoms with E-state index in [-0.39, 0.29) is 6.10 Å². The Morgan fingerprint density at radius 3 is 2.94 bits per heavy atom. The highest BCUT2D eigenvalue weighted by atomic mass is 79.9. The van der Waals surface area contributed by atoms with Crippen molar-refractivity contribution in [1.29, 1.82) is 0 Å². The van der Waals surface area contributed by atoms with Crippen LogP contribution >= 0.6 is 15.9 Å². The zero-order valence-electron chi connectivity index (χ0n) is 10.9. The minimum Gasteiger partial charge on any atom is -0.389 e. The van der Waals surface area contributed by atoms with Gasteiger partial charge < -0.3 is 9.84 Å². The molecule has 0 aliphatic carbocycles. The van der Waals surface area contributed by atoms with Crippen LogP contribution in [0.3, 0.4) is 0 Å². The SMILES string of the molecule is CCCC1CC(O)(Cc2ccccc2Br)CCO1. The molecule has 0 aromatic heterocycles. The first-order valence-electron chi connectivity index (χ1n) is 6.70. The van der Waals surface area contributed by atoms with Crippen molar-refractivity contribution >= 4 is 15.9 Å². The summed E-state index contributed by atoms with van der Waals surface area (Å²) >= 11 is 3.55. The van der Waals surface area contributed by atoms with Gasteiger partial charge in [-0.25, -0.2) is 0 Å². The largest absolute Gasteiger partial charge is 0.389 e. The maximum absolute atomic E-state index is 10.7. The Labute approximate surface area is 117 Å². The van der Waals surface area contributed by atoms with E-state index in [1.807, 2.05) is 18.2 Å². The van der Waals surface area contributed by atoms with Crippen molar-refractivity contribution in [3.63, 3.8) is 0 Å². The van der Waals surface area contributed by atoms with Crippen LogP contribution in [0.2, 0.25) is 0 Å². The zero-order chi connectivity index (χ0) is 13.0. The number of hydrogen-bond donors (Lipinski definition) is 1. The average Bonchev–Trinajstić information content (AvgIpc) is 2.32. The summed E-state index contributed by atoms with van der Waals surface area (Å²) in [6.07, 6.45) is 4.55. The van der Waals surface area contributed by atoms with E-state index in [1.165, 1.54) is 5.56 Å². The second kappa shape index (κ2) is 6.18.